The lowest BCUT2D eigenvalue weighted by atomic mass is 9.93. The summed E-state index contributed by atoms with van der Waals surface area (Å²) in [5.74, 6) is -0.676. The fraction of sp³-hybridized carbons (Fsp3) is 0.478. The van der Waals surface area contributed by atoms with Gasteiger partial charge < -0.3 is 4.74 Å². The molecule has 9 nitrogen and oxygen atoms in total. The summed E-state index contributed by atoms with van der Waals surface area (Å²) in [6.07, 6.45) is 2.06. The van der Waals surface area contributed by atoms with Gasteiger partial charge in [-0.3, -0.25) is 33.7 Å². The van der Waals surface area contributed by atoms with Crippen molar-refractivity contribution in [2.24, 2.45) is 0 Å². The summed E-state index contributed by atoms with van der Waals surface area (Å²) in [6.45, 7) is 5.87. The number of nitrogens with zero attached hydrogens (tertiary/aromatic N) is 3. The molecule has 1 unspecified atom stereocenters. The summed E-state index contributed by atoms with van der Waals surface area (Å²) >= 11 is 0. The third-order valence-corrected chi connectivity index (χ3v) is 7.65. The Morgan fingerprint density at radius 1 is 1.09 bits per heavy atom. The van der Waals surface area contributed by atoms with Crippen molar-refractivity contribution >= 4 is 39.1 Å². The molecule has 0 saturated carbocycles. The van der Waals surface area contributed by atoms with Crippen LogP contribution in [0.4, 0.5) is 5.69 Å². The van der Waals surface area contributed by atoms with Gasteiger partial charge in [0, 0.05) is 54.3 Å². The molecule has 33 heavy (non-hydrogen) atoms. The maximum absolute atomic E-state index is 13.3. The van der Waals surface area contributed by atoms with Crippen molar-refractivity contribution in [3.05, 3.63) is 45.5 Å². The van der Waals surface area contributed by atoms with Crippen molar-refractivity contribution in [1.29, 1.82) is 0 Å². The van der Waals surface area contributed by atoms with E-state index in [2.05, 4.69) is 4.90 Å². The summed E-state index contributed by atoms with van der Waals surface area (Å²) < 4.78 is 18.3. The average Bonchev–Trinajstić information content (AvgIpc) is 2.82. The highest BCUT2D eigenvalue weighted by atomic mass is 32.2. The first-order valence-electron chi connectivity index (χ1n) is 11.2. The van der Waals surface area contributed by atoms with Crippen molar-refractivity contribution in [3.8, 4) is 0 Å². The van der Waals surface area contributed by atoms with Gasteiger partial charge in [-0.15, -0.1) is 0 Å². The number of rotatable bonds is 9. The lowest BCUT2D eigenvalue weighted by Gasteiger charge is -2.30. The third-order valence-electron chi connectivity index (χ3n) is 6.11. The van der Waals surface area contributed by atoms with Gasteiger partial charge in [0.2, 0.25) is 0 Å². The molecule has 176 valence electrons. The molecule has 0 aromatic heterocycles. The van der Waals surface area contributed by atoms with Crippen molar-refractivity contribution < 1.29 is 23.5 Å². The van der Waals surface area contributed by atoms with Crippen LogP contribution >= 0.6 is 0 Å². The Labute approximate surface area is 194 Å². The number of morpholine rings is 1. The summed E-state index contributed by atoms with van der Waals surface area (Å²) in [4.78, 5) is 41.3. The molecule has 1 atom stereocenters. The number of ether oxygens (including phenoxy) is 1. The monoisotopic (exact) mass is 473 g/mol. The Morgan fingerprint density at radius 2 is 1.82 bits per heavy atom. The quantitative estimate of drug-likeness (QED) is 0.313. The SMILES string of the molecule is CCCCS(=O)c1c([N+](=O)[O-])cc2c3c(cccc13)C(=O)N(CCCN1CCOCC1)C2=O. The summed E-state index contributed by atoms with van der Waals surface area (Å²) in [6, 6.07) is 6.07. The smallest absolute Gasteiger partial charge is 0.286 e. The Morgan fingerprint density at radius 3 is 2.52 bits per heavy atom. The minimum atomic E-state index is -1.62. The molecule has 0 aliphatic carbocycles. The summed E-state index contributed by atoms with van der Waals surface area (Å²) in [5.41, 5.74) is 0.103. The van der Waals surface area contributed by atoms with E-state index in [0.29, 0.717) is 42.4 Å². The Balaban J connectivity index is 1.70. The van der Waals surface area contributed by atoms with E-state index < -0.39 is 27.5 Å². The first kappa shape index (κ1) is 23.5. The van der Waals surface area contributed by atoms with Gasteiger partial charge in [0.25, 0.3) is 17.5 Å². The Bertz CT molecular complexity index is 1130. The van der Waals surface area contributed by atoms with Crippen LogP contribution in [0, 0.1) is 10.1 Å². The predicted molar refractivity (Wildman–Crippen MR) is 124 cm³/mol. The van der Waals surface area contributed by atoms with Crippen LogP contribution in [0.5, 0.6) is 0 Å². The summed E-state index contributed by atoms with van der Waals surface area (Å²) in [7, 11) is -1.62. The fourth-order valence-corrected chi connectivity index (χ4v) is 5.94. The number of hydrogen-bond acceptors (Lipinski definition) is 7. The lowest BCUT2D eigenvalue weighted by molar-refractivity contribution is -0.387. The molecule has 2 aliphatic rings. The van der Waals surface area contributed by atoms with Crippen LogP contribution < -0.4 is 0 Å². The van der Waals surface area contributed by atoms with Gasteiger partial charge in [-0.05, 0) is 18.9 Å². The van der Waals surface area contributed by atoms with Crippen LogP contribution in [-0.2, 0) is 15.5 Å². The minimum absolute atomic E-state index is 0.0930. The highest BCUT2D eigenvalue weighted by Crippen LogP contribution is 2.39. The molecule has 0 radical (unpaired) electrons. The van der Waals surface area contributed by atoms with Gasteiger partial charge in [-0.25, -0.2) is 0 Å². The number of imide groups is 1. The van der Waals surface area contributed by atoms with Gasteiger partial charge in [0.1, 0.15) is 4.90 Å². The predicted octanol–water partition coefficient (Wildman–Crippen LogP) is 2.97. The van der Waals surface area contributed by atoms with Crippen LogP contribution in [0.2, 0.25) is 0 Å². The van der Waals surface area contributed by atoms with E-state index in [4.69, 9.17) is 4.74 Å². The number of hydrogen-bond donors (Lipinski definition) is 0. The fourth-order valence-electron chi connectivity index (χ4n) is 4.41. The maximum Gasteiger partial charge on any atom is 0.286 e. The molecular formula is C23H27N3O6S. The van der Waals surface area contributed by atoms with Crippen molar-refractivity contribution in [2.45, 2.75) is 31.1 Å². The van der Waals surface area contributed by atoms with Gasteiger partial charge in [-0.1, -0.05) is 25.5 Å². The molecular weight excluding hydrogens is 446 g/mol. The van der Waals surface area contributed by atoms with Crippen LogP contribution in [0.3, 0.4) is 0 Å². The van der Waals surface area contributed by atoms with Crippen LogP contribution in [-0.4, -0.2) is 75.9 Å². The van der Waals surface area contributed by atoms with E-state index in [-0.39, 0.29) is 28.4 Å². The second-order valence-electron chi connectivity index (χ2n) is 8.23. The van der Waals surface area contributed by atoms with Crippen molar-refractivity contribution in [2.75, 3.05) is 45.1 Å². The number of benzene rings is 2. The largest absolute Gasteiger partial charge is 0.379 e. The maximum atomic E-state index is 13.3. The summed E-state index contributed by atoms with van der Waals surface area (Å²) in [5, 5.41) is 12.6. The molecule has 2 amide bonds. The Kier molecular flexibility index (Phi) is 7.16. The van der Waals surface area contributed by atoms with E-state index in [1.54, 1.807) is 18.2 Å². The first-order chi connectivity index (χ1) is 15.9. The highest BCUT2D eigenvalue weighted by Gasteiger charge is 2.36. The molecule has 0 bridgehead atoms. The van der Waals surface area contributed by atoms with Gasteiger partial charge in [0.05, 0.1) is 34.5 Å². The molecule has 10 heteroatoms. The highest BCUT2D eigenvalue weighted by molar-refractivity contribution is 7.85. The van der Waals surface area contributed by atoms with E-state index in [1.807, 2.05) is 6.92 Å². The number of nitro benzene ring substituents is 1. The number of amides is 2. The zero-order valence-corrected chi connectivity index (χ0v) is 19.4. The van der Waals surface area contributed by atoms with E-state index in [1.165, 1.54) is 11.0 Å². The van der Waals surface area contributed by atoms with E-state index in [9.17, 15) is 23.9 Å². The molecule has 0 spiro atoms. The second-order valence-corrected chi connectivity index (χ2v) is 9.74. The topological polar surface area (TPSA) is 110 Å². The van der Waals surface area contributed by atoms with E-state index >= 15 is 0 Å². The minimum Gasteiger partial charge on any atom is -0.379 e. The third kappa shape index (κ3) is 4.55. The van der Waals surface area contributed by atoms with Crippen LogP contribution in [0.1, 0.15) is 46.9 Å². The standard InChI is InChI=1S/C23H27N3O6S/c1-2-3-14-33(31)21-16-6-4-7-17-20(16)18(15-19(21)26(29)30)23(28)25(22(17)27)9-5-8-24-10-12-32-13-11-24/h4,6-7,15H,2-3,5,8-14H2,1H3. The second kappa shape index (κ2) is 10.1. The zero-order valence-electron chi connectivity index (χ0n) is 18.6. The number of carbonyl (C=O) groups excluding carboxylic acids is 2. The van der Waals surface area contributed by atoms with Gasteiger partial charge >= 0.3 is 0 Å². The van der Waals surface area contributed by atoms with Crippen molar-refractivity contribution in [1.82, 2.24) is 9.80 Å². The number of unbranched alkanes of at least 4 members (excludes halogenated alkanes) is 1. The van der Waals surface area contributed by atoms with Crippen molar-refractivity contribution in [3.63, 3.8) is 0 Å². The molecule has 2 aliphatic heterocycles. The van der Waals surface area contributed by atoms with Gasteiger partial charge in [-0.2, -0.15) is 0 Å². The molecule has 2 aromatic rings. The number of nitro groups is 1. The molecule has 2 heterocycles. The van der Waals surface area contributed by atoms with Crippen LogP contribution in [0.15, 0.2) is 29.2 Å². The average molecular weight is 474 g/mol. The normalized spacial score (nSPS) is 17.5. The zero-order chi connectivity index (χ0) is 23.5. The molecule has 1 saturated heterocycles. The van der Waals surface area contributed by atoms with Crippen LogP contribution in [0.25, 0.3) is 10.8 Å². The first-order valence-corrected chi connectivity index (χ1v) is 12.5. The van der Waals surface area contributed by atoms with Gasteiger partial charge in [0.15, 0.2) is 0 Å². The Hall–Kier alpha value is -2.69. The molecule has 0 N–H and O–H groups in total. The number of carbonyl (C=O) groups is 2. The molecule has 2 aromatic carbocycles. The molecule has 4 rings (SSSR count). The lowest BCUT2D eigenvalue weighted by Crippen LogP contribution is -2.43. The molecule has 1 fully saturated rings. The van der Waals surface area contributed by atoms with E-state index in [0.717, 1.165) is 26.1 Å².